The molecule has 1 saturated carbocycles. The van der Waals surface area contributed by atoms with E-state index in [2.05, 4.69) is 21.8 Å². The molecule has 17 heavy (non-hydrogen) atoms. The summed E-state index contributed by atoms with van der Waals surface area (Å²) in [5.74, 6) is -0.0299. The lowest BCUT2D eigenvalue weighted by Gasteiger charge is -2.35. The highest BCUT2D eigenvalue weighted by molar-refractivity contribution is 8.00. The molecule has 1 aliphatic rings. The molecule has 2 N–H and O–H groups in total. The third kappa shape index (κ3) is 3.03. The molecule has 5 heteroatoms. The zero-order valence-corrected chi connectivity index (χ0v) is 11.0. The lowest BCUT2D eigenvalue weighted by molar-refractivity contribution is 0.0947. The molecule has 0 atom stereocenters. The Labute approximate surface area is 106 Å². The van der Waals surface area contributed by atoms with Crippen molar-refractivity contribution in [3.05, 3.63) is 18.0 Å². The number of aromatic nitrogens is 2. The van der Waals surface area contributed by atoms with E-state index in [1.807, 2.05) is 11.8 Å². The van der Waals surface area contributed by atoms with Gasteiger partial charge in [-0.2, -0.15) is 16.9 Å². The number of thioether (sulfide) groups is 1. The largest absolute Gasteiger partial charge is 0.351 e. The molecule has 1 amide bonds. The van der Waals surface area contributed by atoms with Crippen LogP contribution < -0.4 is 5.32 Å². The molecule has 4 nitrogen and oxygen atoms in total. The van der Waals surface area contributed by atoms with Crippen LogP contribution in [-0.2, 0) is 0 Å². The minimum Gasteiger partial charge on any atom is -0.351 e. The van der Waals surface area contributed by atoms with Gasteiger partial charge in [-0.05, 0) is 19.1 Å². The molecular weight excluding hydrogens is 234 g/mol. The summed E-state index contributed by atoms with van der Waals surface area (Å²) in [6.07, 6.45) is 11.6. The minimum atomic E-state index is -0.0299. The van der Waals surface area contributed by atoms with Crippen LogP contribution in [0.3, 0.4) is 0 Å². The normalized spacial score (nSPS) is 18.9. The molecule has 1 fully saturated rings. The molecular formula is C12H19N3OS. The second-order valence-corrected chi connectivity index (χ2v) is 5.89. The summed E-state index contributed by atoms with van der Waals surface area (Å²) in [6.45, 7) is 0.762. The van der Waals surface area contributed by atoms with Gasteiger partial charge in [-0.3, -0.25) is 9.89 Å². The van der Waals surface area contributed by atoms with Crippen LogP contribution in [0.1, 0.15) is 42.5 Å². The van der Waals surface area contributed by atoms with Gasteiger partial charge in [-0.15, -0.1) is 0 Å². The second-order valence-electron chi connectivity index (χ2n) is 4.62. The number of hydrogen-bond donors (Lipinski definition) is 2. The number of nitrogens with zero attached hydrogens (tertiary/aromatic N) is 1. The van der Waals surface area contributed by atoms with Crippen molar-refractivity contribution in [3.8, 4) is 0 Å². The van der Waals surface area contributed by atoms with Crippen molar-refractivity contribution in [2.24, 2.45) is 0 Å². The van der Waals surface area contributed by atoms with Gasteiger partial charge >= 0.3 is 0 Å². The highest BCUT2D eigenvalue weighted by atomic mass is 32.2. The number of carbonyl (C=O) groups excluding carboxylic acids is 1. The van der Waals surface area contributed by atoms with E-state index in [0.29, 0.717) is 5.56 Å². The number of carbonyl (C=O) groups is 1. The van der Waals surface area contributed by atoms with Crippen LogP contribution in [0.2, 0.25) is 0 Å². The summed E-state index contributed by atoms with van der Waals surface area (Å²) in [4.78, 5) is 11.8. The molecule has 0 unspecified atom stereocenters. The molecule has 0 spiro atoms. The van der Waals surface area contributed by atoms with Gasteiger partial charge in [-0.25, -0.2) is 0 Å². The topological polar surface area (TPSA) is 57.8 Å². The van der Waals surface area contributed by atoms with E-state index < -0.39 is 0 Å². The standard InChI is InChI=1S/C12H19N3OS/c1-17-12(5-3-2-4-6-12)9-13-11(16)10-7-14-15-8-10/h7-8H,2-6,9H2,1H3,(H,13,16)(H,14,15). The Morgan fingerprint density at radius 3 is 2.88 bits per heavy atom. The Morgan fingerprint density at radius 1 is 1.53 bits per heavy atom. The summed E-state index contributed by atoms with van der Waals surface area (Å²) >= 11 is 1.89. The fraction of sp³-hybridized carbons (Fsp3) is 0.667. The van der Waals surface area contributed by atoms with Gasteiger partial charge in [0.25, 0.3) is 5.91 Å². The zero-order valence-electron chi connectivity index (χ0n) is 10.2. The first-order valence-corrected chi connectivity index (χ1v) is 7.30. The van der Waals surface area contributed by atoms with Crippen LogP contribution in [0.15, 0.2) is 12.4 Å². The number of rotatable bonds is 4. The number of aromatic amines is 1. The fourth-order valence-electron chi connectivity index (χ4n) is 2.37. The summed E-state index contributed by atoms with van der Waals surface area (Å²) in [5, 5.41) is 9.47. The van der Waals surface area contributed by atoms with E-state index in [1.54, 1.807) is 12.4 Å². The average Bonchev–Trinajstić information content (AvgIpc) is 2.91. The molecule has 0 radical (unpaired) electrons. The van der Waals surface area contributed by atoms with Gasteiger partial charge in [0, 0.05) is 17.5 Å². The first-order chi connectivity index (χ1) is 8.26. The van der Waals surface area contributed by atoms with Crippen LogP contribution in [0.25, 0.3) is 0 Å². The number of amides is 1. The van der Waals surface area contributed by atoms with E-state index in [1.165, 1.54) is 32.1 Å². The monoisotopic (exact) mass is 253 g/mol. The fourth-order valence-corrected chi connectivity index (χ4v) is 3.28. The van der Waals surface area contributed by atoms with Crippen LogP contribution in [0, 0.1) is 0 Å². The molecule has 0 aliphatic heterocycles. The Hall–Kier alpha value is -0.970. The predicted octanol–water partition coefficient (Wildman–Crippen LogP) is 2.21. The van der Waals surface area contributed by atoms with Crippen molar-refractivity contribution in [1.82, 2.24) is 15.5 Å². The van der Waals surface area contributed by atoms with E-state index in [4.69, 9.17) is 0 Å². The van der Waals surface area contributed by atoms with Crippen molar-refractivity contribution in [3.63, 3.8) is 0 Å². The van der Waals surface area contributed by atoms with Gasteiger partial charge < -0.3 is 5.32 Å². The highest BCUT2D eigenvalue weighted by Gasteiger charge is 2.31. The van der Waals surface area contributed by atoms with Crippen molar-refractivity contribution >= 4 is 17.7 Å². The van der Waals surface area contributed by atoms with Gasteiger partial charge in [-0.1, -0.05) is 19.3 Å². The van der Waals surface area contributed by atoms with Gasteiger partial charge in [0.2, 0.25) is 0 Å². The molecule has 0 saturated heterocycles. The van der Waals surface area contributed by atoms with Gasteiger partial charge in [0.15, 0.2) is 0 Å². The first-order valence-electron chi connectivity index (χ1n) is 6.08. The van der Waals surface area contributed by atoms with E-state index in [9.17, 15) is 4.79 Å². The molecule has 1 aliphatic carbocycles. The lowest BCUT2D eigenvalue weighted by Crippen LogP contribution is -2.41. The lowest BCUT2D eigenvalue weighted by atomic mass is 9.88. The smallest absolute Gasteiger partial charge is 0.254 e. The molecule has 0 bridgehead atoms. The second kappa shape index (κ2) is 5.58. The molecule has 94 valence electrons. The first kappa shape index (κ1) is 12.5. The predicted molar refractivity (Wildman–Crippen MR) is 70.3 cm³/mol. The summed E-state index contributed by atoms with van der Waals surface area (Å²) in [7, 11) is 0. The highest BCUT2D eigenvalue weighted by Crippen LogP contribution is 2.37. The maximum atomic E-state index is 11.8. The average molecular weight is 253 g/mol. The summed E-state index contributed by atoms with van der Waals surface area (Å²) < 4.78 is 0.248. The Kier molecular flexibility index (Phi) is 4.10. The van der Waals surface area contributed by atoms with Crippen molar-refractivity contribution in [2.75, 3.05) is 12.8 Å². The van der Waals surface area contributed by atoms with Gasteiger partial charge in [0.1, 0.15) is 0 Å². The van der Waals surface area contributed by atoms with Crippen LogP contribution in [-0.4, -0.2) is 33.7 Å². The van der Waals surface area contributed by atoms with E-state index >= 15 is 0 Å². The molecule has 2 rings (SSSR count). The quantitative estimate of drug-likeness (QED) is 0.865. The zero-order chi connectivity index (χ0) is 12.1. The van der Waals surface area contributed by atoms with Crippen molar-refractivity contribution < 1.29 is 4.79 Å². The number of H-pyrrole nitrogens is 1. The maximum Gasteiger partial charge on any atom is 0.254 e. The number of nitrogens with one attached hydrogen (secondary N) is 2. The van der Waals surface area contributed by atoms with Gasteiger partial charge in [0.05, 0.1) is 11.8 Å². The molecule has 1 heterocycles. The van der Waals surface area contributed by atoms with Crippen LogP contribution >= 0.6 is 11.8 Å². The Bertz CT molecular complexity index is 358. The Balaban J connectivity index is 1.89. The summed E-state index contributed by atoms with van der Waals surface area (Å²) in [5.41, 5.74) is 0.608. The SMILES string of the molecule is CSC1(CNC(=O)c2cn[nH]c2)CCCCC1. The van der Waals surface area contributed by atoms with E-state index in [0.717, 1.165) is 6.54 Å². The van der Waals surface area contributed by atoms with Crippen molar-refractivity contribution in [1.29, 1.82) is 0 Å². The number of hydrogen-bond acceptors (Lipinski definition) is 3. The molecule has 0 aromatic carbocycles. The summed E-state index contributed by atoms with van der Waals surface area (Å²) in [6, 6.07) is 0. The molecule has 1 aromatic rings. The van der Waals surface area contributed by atoms with Crippen LogP contribution in [0.5, 0.6) is 0 Å². The third-order valence-electron chi connectivity index (χ3n) is 3.53. The van der Waals surface area contributed by atoms with Crippen LogP contribution in [0.4, 0.5) is 0 Å². The van der Waals surface area contributed by atoms with E-state index in [-0.39, 0.29) is 10.7 Å². The third-order valence-corrected chi connectivity index (χ3v) is 4.95. The minimum absolute atomic E-state index is 0.0299. The molecule has 1 aromatic heterocycles. The van der Waals surface area contributed by atoms with Crippen molar-refractivity contribution in [2.45, 2.75) is 36.9 Å². The Morgan fingerprint density at radius 2 is 2.29 bits per heavy atom. The maximum absolute atomic E-state index is 11.8.